The highest BCUT2D eigenvalue weighted by Gasteiger charge is 2.73. The number of carbonyl (C=O) groups is 1. The molecule has 0 unspecified atom stereocenters. The molecule has 4 aliphatic carbocycles. The smallest absolute Gasteiger partial charge is 0.303 e. The maximum Gasteiger partial charge on any atom is 0.303 e. The number of allylic oxidation sites excluding steroid dienone is 2. The van der Waals surface area contributed by atoms with Crippen molar-refractivity contribution in [3.63, 3.8) is 0 Å². The molecule has 13 nitrogen and oxygen atoms in total. The van der Waals surface area contributed by atoms with E-state index in [0.29, 0.717) is 19.3 Å². The van der Waals surface area contributed by atoms with E-state index in [1.807, 2.05) is 13.8 Å². The fraction of sp³-hybridized carbons (Fsp3) is 0.932. The zero-order valence-corrected chi connectivity index (χ0v) is 36.1. The van der Waals surface area contributed by atoms with Crippen molar-refractivity contribution in [2.75, 3.05) is 0 Å². The Morgan fingerprint density at radius 1 is 0.772 bits per heavy atom. The zero-order valence-electron chi connectivity index (χ0n) is 36.1. The summed E-state index contributed by atoms with van der Waals surface area (Å²) in [5.41, 5.74) is -1.08. The topological polar surface area (TPSA) is 205 Å². The number of aliphatic hydroxyl groups excluding tert-OH is 6. The van der Waals surface area contributed by atoms with E-state index < -0.39 is 102 Å². The fourth-order valence-electron chi connectivity index (χ4n) is 13.5. The molecule has 0 radical (unpaired) electrons. The fourth-order valence-corrected chi connectivity index (χ4v) is 13.5. The second kappa shape index (κ2) is 15.9. The Labute approximate surface area is 339 Å². The van der Waals surface area contributed by atoms with Crippen LogP contribution in [0.15, 0.2) is 11.6 Å². The quantitative estimate of drug-likeness (QED) is 0.101. The SMILES string of the molecule is CC(=O)O[C@@H]1[C@H](O[C@@H]2O[C@H](C)[C@@H](O)[C@H](O)[C@H]2O)C[C@]2(C)[C@H]3[C@H](O[C@@H]4O[C@H](C)[C@H](O)[C@H](O)[C@H]4O)C[C@@H]4[C@@H](C(C)=CCCC(C)(C)O)CC[C@@]4(C)[C@]3(C)CC[C@H]2C1(C)C. The van der Waals surface area contributed by atoms with Gasteiger partial charge in [0.2, 0.25) is 0 Å². The van der Waals surface area contributed by atoms with Gasteiger partial charge in [0.05, 0.1) is 30.0 Å². The van der Waals surface area contributed by atoms with Gasteiger partial charge in [0.25, 0.3) is 0 Å². The van der Waals surface area contributed by atoms with E-state index in [4.69, 9.17) is 23.7 Å². The maximum atomic E-state index is 12.8. The van der Waals surface area contributed by atoms with Gasteiger partial charge in [0, 0.05) is 12.3 Å². The lowest BCUT2D eigenvalue weighted by Crippen LogP contribution is -2.71. The largest absolute Gasteiger partial charge is 0.459 e. The molecule has 2 heterocycles. The van der Waals surface area contributed by atoms with Crippen LogP contribution >= 0.6 is 0 Å². The van der Waals surface area contributed by atoms with E-state index in [9.17, 15) is 40.5 Å². The summed E-state index contributed by atoms with van der Waals surface area (Å²) in [6, 6.07) is 0. The van der Waals surface area contributed by atoms with Crippen LogP contribution in [0, 0.1) is 45.3 Å². The number of esters is 1. The van der Waals surface area contributed by atoms with Crippen molar-refractivity contribution >= 4 is 5.97 Å². The van der Waals surface area contributed by atoms with Crippen molar-refractivity contribution < 1.29 is 64.2 Å². The minimum absolute atomic E-state index is 0.00580. The molecule has 57 heavy (non-hydrogen) atoms. The molecular weight excluding hydrogens is 736 g/mol. The number of ether oxygens (including phenoxy) is 5. The Morgan fingerprint density at radius 2 is 1.30 bits per heavy atom. The lowest BCUT2D eigenvalue weighted by molar-refractivity contribution is -0.351. The van der Waals surface area contributed by atoms with Crippen molar-refractivity contribution in [2.24, 2.45) is 45.3 Å². The number of hydrogen-bond donors (Lipinski definition) is 7. The van der Waals surface area contributed by atoms with Crippen molar-refractivity contribution in [1.29, 1.82) is 0 Å². The van der Waals surface area contributed by atoms with Crippen LogP contribution in [0.2, 0.25) is 0 Å². The van der Waals surface area contributed by atoms with Gasteiger partial charge in [0.15, 0.2) is 12.6 Å². The van der Waals surface area contributed by atoms with Gasteiger partial charge in [-0.15, -0.1) is 0 Å². The summed E-state index contributed by atoms with van der Waals surface area (Å²) in [4.78, 5) is 12.8. The Kier molecular flexibility index (Phi) is 12.6. The van der Waals surface area contributed by atoms with Crippen LogP contribution in [0.25, 0.3) is 0 Å². The number of rotatable bonds is 9. The first-order chi connectivity index (χ1) is 26.3. The van der Waals surface area contributed by atoms with E-state index in [1.54, 1.807) is 13.8 Å². The Hall–Kier alpha value is -1.23. The third-order valence-corrected chi connectivity index (χ3v) is 16.5. The highest BCUT2D eigenvalue weighted by atomic mass is 16.7. The van der Waals surface area contributed by atoms with E-state index in [-0.39, 0.29) is 34.5 Å². The summed E-state index contributed by atoms with van der Waals surface area (Å²) in [5.74, 6) is -0.114. The third-order valence-electron chi connectivity index (χ3n) is 16.5. The van der Waals surface area contributed by atoms with Crippen molar-refractivity contribution in [3.05, 3.63) is 11.6 Å². The Morgan fingerprint density at radius 3 is 1.82 bits per heavy atom. The van der Waals surface area contributed by atoms with Crippen LogP contribution in [0.4, 0.5) is 0 Å². The summed E-state index contributed by atoms with van der Waals surface area (Å²) in [7, 11) is 0. The summed E-state index contributed by atoms with van der Waals surface area (Å²) in [5, 5.41) is 75.6. The van der Waals surface area contributed by atoms with E-state index in [2.05, 4.69) is 47.6 Å². The van der Waals surface area contributed by atoms with Crippen LogP contribution in [0.1, 0.15) is 128 Å². The number of carbonyl (C=O) groups excluding carboxylic acids is 1. The number of aliphatic hydroxyl groups is 7. The molecule has 2 saturated heterocycles. The van der Waals surface area contributed by atoms with Gasteiger partial charge in [0.1, 0.15) is 42.7 Å². The van der Waals surface area contributed by atoms with Gasteiger partial charge in [-0.3, -0.25) is 4.79 Å². The first-order valence-electron chi connectivity index (χ1n) is 21.5. The van der Waals surface area contributed by atoms with E-state index >= 15 is 0 Å². The van der Waals surface area contributed by atoms with Gasteiger partial charge >= 0.3 is 5.97 Å². The first-order valence-corrected chi connectivity index (χ1v) is 21.5. The average Bonchev–Trinajstić information content (AvgIpc) is 3.45. The third kappa shape index (κ3) is 7.81. The number of fused-ring (bicyclic) bond motifs is 5. The lowest BCUT2D eigenvalue weighted by atomic mass is 9.34. The molecular formula is C44H74O13. The monoisotopic (exact) mass is 811 g/mol. The predicted octanol–water partition coefficient (Wildman–Crippen LogP) is 3.75. The molecule has 0 amide bonds. The average molecular weight is 811 g/mol. The van der Waals surface area contributed by atoms with E-state index in [1.165, 1.54) is 12.5 Å². The molecule has 2 aliphatic heterocycles. The van der Waals surface area contributed by atoms with Crippen LogP contribution in [-0.2, 0) is 28.5 Å². The highest BCUT2D eigenvalue weighted by Crippen LogP contribution is 2.76. The second-order valence-electron chi connectivity index (χ2n) is 21.0. The normalized spacial score (nSPS) is 51.4. The summed E-state index contributed by atoms with van der Waals surface area (Å²) < 4.78 is 31.9. The van der Waals surface area contributed by atoms with Crippen LogP contribution < -0.4 is 0 Å². The molecule has 0 aromatic rings. The first kappa shape index (κ1) is 45.3. The second-order valence-corrected chi connectivity index (χ2v) is 21.0. The molecule has 7 N–H and O–H groups in total. The Bertz CT molecular complexity index is 1480. The standard InChI is InChI=1S/C44H74O13/c1-21(13-12-16-40(5,6)52)25-14-17-43(10)26(25)19-27(56-38-34(50)32(48)30(46)22(2)53-38)36-42(9)20-28(57-39-35(51)33(49)31(47)23(3)54-39)37(55-24(4)45)41(7,8)29(42)15-18-44(36,43)11/h13,22-23,25-39,46-52H,12,14-20H2,1-11H3/t22-,23-,25-,26-,27-,28-,29+,30+,31-,32+,33+,34-,35-,36-,37-,38+,39+,42+,43-,44-/m1/s1. The van der Waals surface area contributed by atoms with Gasteiger partial charge < -0.3 is 59.4 Å². The van der Waals surface area contributed by atoms with Crippen molar-refractivity contribution in [1.82, 2.24) is 0 Å². The Balaban J connectivity index is 1.43. The van der Waals surface area contributed by atoms with Gasteiger partial charge in [-0.1, -0.05) is 46.3 Å². The van der Waals surface area contributed by atoms with E-state index in [0.717, 1.165) is 32.1 Å². The minimum Gasteiger partial charge on any atom is -0.459 e. The van der Waals surface area contributed by atoms with Gasteiger partial charge in [-0.05, 0) is 126 Å². The zero-order chi connectivity index (χ0) is 42.4. The van der Waals surface area contributed by atoms with Gasteiger partial charge in [-0.2, -0.15) is 0 Å². The highest BCUT2D eigenvalue weighted by molar-refractivity contribution is 5.66. The number of hydrogen-bond acceptors (Lipinski definition) is 13. The van der Waals surface area contributed by atoms with Crippen LogP contribution in [0.5, 0.6) is 0 Å². The molecule has 6 rings (SSSR count). The van der Waals surface area contributed by atoms with Crippen LogP contribution in [0.3, 0.4) is 0 Å². The molecule has 6 fully saturated rings. The molecule has 0 aromatic carbocycles. The summed E-state index contributed by atoms with van der Waals surface area (Å²) in [6.45, 7) is 21.8. The lowest BCUT2D eigenvalue weighted by Gasteiger charge is -2.72. The van der Waals surface area contributed by atoms with Gasteiger partial charge in [-0.25, -0.2) is 0 Å². The molecule has 4 saturated carbocycles. The predicted molar refractivity (Wildman–Crippen MR) is 209 cm³/mol. The van der Waals surface area contributed by atoms with Crippen molar-refractivity contribution in [2.45, 2.75) is 213 Å². The van der Waals surface area contributed by atoms with Crippen LogP contribution in [-0.4, -0.2) is 127 Å². The minimum atomic E-state index is -1.55. The molecule has 20 atom stereocenters. The molecule has 0 aromatic heterocycles. The molecule has 13 heteroatoms. The summed E-state index contributed by atoms with van der Waals surface area (Å²) >= 11 is 0. The maximum absolute atomic E-state index is 12.8. The molecule has 328 valence electrons. The molecule has 0 bridgehead atoms. The molecule has 0 spiro atoms. The summed E-state index contributed by atoms with van der Waals surface area (Å²) in [6.07, 6.45) is -6.16. The van der Waals surface area contributed by atoms with Crippen molar-refractivity contribution in [3.8, 4) is 0 Å². The molecule has 6 aliphatic rings.